The summed E-state index contributed by atoms with van der Waals surface area (Å²) in [7, 11) is 0. The van der Waals surface area contributed by atoms with Gasteiger partial charge < -0.3 is 10.7 Å². The van der Waals surface area contributed by atoms with Crippen molar-refractivity contribution in [1.82, 2.24) is 10.7 Å². The third-order valence-electron chi connectivity index (χ3n) is 1.98. The van der Waals surface area contributed by atoms with Gasteiger partial charge in [-0.2, -0.15) is 5.10 Å². The zero-order valence-corrected chi connectivity index (χ0v) is 5.35. The Morgan fingerprint density at radius 2 is 2.44 bits per heavy atom. The van der Waals surface area contributed by atoms with Crippen LogP contribution in [0.3, 0.4) is 0 Å². The van der Waals surface area contributed by atoms with Crippen molar-refractivity contribution in [2.75, 3.05) is 19.6 Å². The van der Waals surface area contributed by atoms with Crippen molar-refractivity contribution < 1.29 is 0 Å². The van der Waals surface area contributed by atoms with Gasteiger partial charge in [-0.3, -0.25) is 0 Å². The van der Waals surface area contributed by atoms with E-state index in [0.717, 1.165) is 26.1 Å². The lowest BCUT2D eigenvalue weighted by Crippen LogP contribution is -2.36. The highest BCUT2D eigenvalue weighted by molar-refractivity contribution is 5.89. The maximum absolute atomic E-state index is 4.18. The standard InChI is InChI=1S/C6H11N3/c1-2-7-3-5-4-8-9-6(1)5/h5,7-8H,1-4H2. The van der Waals surface area contributed by atoms with Gasteiger partial charge in [0.1, 0.15) is 0 Å². The molecule has 50 valence electrons. The Morgan fingerprint density at radius 3 is 3.33 bits per heavy atom. The van der Waals surface area contributed by atoms with Gasteiger partial charge in [-0.25, -0.2) is 0 Å². The first-order valence-corrected chi connectivity index (χ1v) is 3.47. The maximum Gasteiger partial charge on any atom is 0.0452 e. The first-order valence-electron chi connectivity index (χ1n) is 3.47. The maximum atomic E-state index is 4.18. The molecule has 2 aliphatic heterocycles. The van der Waals surface area contributed by atoms with Gasteiger partial charge in [-0.15, -0.1) is 0 Å². The van der Waals surface area contributed by atoms with E-state index in [2.05, 4.69) is 15.8 Å². The second-order valence-electron chi connectivity index (χ2n) is 2.62. The Hall–Kier alpha value is -0.570. The van der Waals surface area contributed by atoms with Crippen LogP contribution >= 0.6 is 0 Å². The highest BCUT2D eigenvalue weighted by atomic mass is 15.3. The number of hydrogen-bond donors (Lipinski definition) is 2. The fourth-order valence-corrected chi connectivity index (χ4v) is 1.41. The van der Waals surface area contributed by atoms with Gasteiger partial charge >= 0.3 is 0 Å². The number of rotatable bonds is 0. The molecule has 9 heavy (non-hydrogen) atoms. The normalized spacial score (nSPS) is 32.9. The van der Waals surface area contributed by atoms with Crippen molar-refractivity contribution in [1.29, 1.82) is 0 Å². The topological polar surface area (TPSA) is 36.4 Å². The molecule has 2 N–H and O–H groups in total. The summed E-state index contributed by atoms with van der Waals surface area (Å²) in [5.41, 5.74) is 4.38. The Bertz CT molecular complexity index is 141. The first kappa shape index (κ1) is 5.23. The lowest BCUT2D eigenvalue weighted by Gasteiger charge is -2.17. The average Bonchev–Trinajstić information content (AvgIpc) is 2.33. The van der Waals surface area contributed by atoms with Crippen LogP contribution < -0.4 is 10.7 Å². The van der Waals surface area contributed by atoms with E-state index in [1.165, 1.54) is 5.71 Å². The van der Waals surface area contributed by atoms with Crippen LogP contribution in [0.15, 0.2) is 5.10 Å². The highest BCUT2D eigenvalue weighted by Crippen LogP contribution is 2.10. The van der Waals surface area contributed by atoms with Gasteiger partial charge in [-0.05, 0) is 0 Å². The van der Waals surface area contributed by atoms with Gasteiger partial charge in [0.05, 0.1) is 0 Å². The molecule has 0 radical (unpaired) electrons. The zero-order chi connectivity index (χ0) is 6.10. The smallest absolute Gasteiger partial charge is 0.0452 e. The van der Waals surface area contributed by atoms with Crippen molar-refractivity contribution in [3.63, 3.8) is 0 Å². The van der Waals surface area contributed by atoms with Gasteiger partial charge in [0.2, 0.25) is 0 Å². The summed E-state index contributed by atoms with van der Waals surface area (Å²) in [6.07, 6.45) is 1.14. The molecule has 2 heterocycles. The molecule has 0 bridgehead atoms. The van der Waals surface area contributed by atoms with Crippen molar-refractivity contribution in [3.8, 4) is 0 Å². The van der Waals surface area contributed by atoms with Crippen LogP contribution in [0.5, 0.6) is 0 Å². The van der Waals surface area contributed by atoms with E-state index in [0.29, 0.717) is 5.92 Å². The third kappa shape index (κ3) is 0.812. The summed E-state index contributed by atoms with van der Waals surface area (Å²) >= 11 is 0. The minimum absolute atomic E-state index is 0.693. The Balaban J connectivity index is 2.09. The number of hydrazone groups is 1. The summed E-state index contributed by atoms with van der Waals surface area (Å²) in [5, 5.41) is 7.52. The summed E-state index contributed by atoms with van der Waals surface area (Å²) < 4.78 is 0. The van der Waals surface area contributed by atoms with E-state index in [4.69, 9.17) is 0 Å². The van der Waals surface area contributed by atoms with Crippen LogP contribution in [0.2, 0.25) is 0 Å². The molecule has 0 aromatic heterocycles. The molecule has 0 saturated carbocycles. The van der Waals surface area contributed by atoms with Crippen molar-refractivity contribution in [3.05, 3.63) is 0 Å². The molecular weight excluding hydrogens is 114 g/mol. The lowest BCUT2D eigenvalue weighted by atomic mass is 9.99. The molecule has 1 atom stereocenters. The fraction of sp³-hybridized carbons (Fsp3) is 0.833. The van der Waals surface area contributed by atoms with Gasteiger partial charge in [-0.1, -0.05) is 0 Å². The van der Waals surface area contributed by atoms with E-state index in [1.807, 2.05) is 0 Å². The van der Waals surface area contributed by atoms with Crippen LogP contribution in [0.1, 0.15) is 6.42 Å². The Kier molecular flexibility index (Phi) is 1.16. The first-order chi connectivity index (χ1) is 4.47. The largest absolute Gasteiger partial charge is 0.316 e. The molecule has 1 saturated heterocycles. The molecule has 2 aliphatic rings. The minimum atomic E-state index is 0.693. The molecule has 0 aliphatic carbocycles. The molecule has 0 amide bonds. The molecule has 1 fully saturated rings. The third-order valence-corrected chi connectivity index (χ3v) is 1.98. The Labute approximate surface area is 54.5 Å². The molecule has 0 aromatic carbocycles. The minimum Gasteiger partial charge on any atom is -0.316 e. The van der Waals surface area contributed by atoms with Crippen LogP contribution in [-0.4, -0.2) is 25.3 Å². The monoisotopic (exact) mass is 125 g/mol. The van der Waals surface area contributed by atoms with E-state index in [1.54, 1.807) is 0 Å². The van der Waals surface area contributed by atoms with E-state index in [9.17, 15) is 0 Å². The van der Waals surface area contributed by atoms with Gasteiger partial charge in [0.15, 0.2) is 0 Å². The molecule has 0 spiro atoms. The number of fused-ring (bicyclic) bond motifs is 1. The number of hydrogen-bond acceptors (Lipinski definition) is 3. The van der Waals surface area contributed by atoms with Crippen molar-refractivity contribution in [2.45, 2.75) is 6.42 Å². The molecule has 3 nitrogen and oxygen atoms in total. The van der Waals surface area contributed by atoms with Crippen molar-refractivity contribution in [2.24, 2.45) is 11.0 Å². The fourth-order valence-electron chi connectivity index (χ4n) is 1.41. The molecule has 0 aromatic rings. The summed E-state index contributed by atoms with van der Waals surface area (Å²) in [6.45, 7) is 3.27. The van der Waals surface area contributed by atoms with Crippen LogP contribution in [0.25, 0.3) is 0 Å². The predicted octanol–water partition coefficient (Wildman–Crippen LogP) is -0.445. The lowest BCUT2D eigenvalue weighted by molar-refractivity contribution is 0.550. The number of nitrogens with zero attached hydrogens (tertiary/aromatic N) is 1. The van der Waals surface area contributed by atoms with E-state index >= 15 is 0 Å². The molecule has 1 unspecified atom stereocenters. The summed E-state index contributed by atoms with van der Waals surface area (Å²) in [6, 6.07) is 0. The highest BCUT2D eigenvalue weighted by Gasteiger charge is 2.23. The second kappa shape index (κ2) is 1.99. The molecule has 2 rings (SSSR count). The molecule has 3 heteroatoms. The van der Waals surface area contributed by atoms with Crippen LogP contribution in [0.4, 0.5) is 0 Å². The summed E-state index contributed by atoms with van der Waals surface area (Å²) in [4.78, 5) is 0. The predicted molar refractivity (Wildman–Crippen MR) is 36.4 cm³/mol. The van der Waals surface area contributed by atoms with E-state index < -0.39 is 0 Å². The molecular formula is C6H11N3. The van der Waals surface area contributed by atoms with E-state index in [-0.39, 0.29) is 0 Å². The van der Waals surface area contributed by atoms with Gasteiger partial charge in [0, 0.05) is 37.7 Å². The van der Waals surface area contributed by atoms with Crippen molar-refractivity contribution >= 4 is 5.71 Å². The van der Waals surface area contributed by atoms with Crippen LogP contribution in [-0.2, 0) is 0 Å². The Morgan fingerprint density at radius 1 is 1.44 bits per heavy atom. The number of nitrogens with one attached hydrogen (secondary N) is 2. The number of piperidine rings is 1. The average molecular weight is 125 g/mol. The van der Waals surface area contributed by atoms with Crippen LogP contribution in [0, 0.1) is 5.92 Å². The SMILES string of the molecule is C1CC2=NNCC2CN1. The zero-order valence-electron chi connectivity index (χ0n) is 5.35. The second-order valence-corrected chi connectivity index (χ2v) is 2.62. The summed E-state index contributed by atoms with van der Waals surface area (Å²) in [5.74, 6) is 0.693. The quantitative estimate of drug-likeness (QED) is 0.460. The van der Waals surface area contributed by atoms with Gasteiger partial charge in [0.25, 0.3) is 0 Å².